The summed E-state index contributed by atoms with van der Waals surface area (Å²) in [6.45, 7) is 7.52. The summed E-state index contributed by atoms with van der Waals surface area (Å²) >= 11 is 3.44. The minimum Gasteiger partial charge on any atom is -0.484 e. The number of rotatable bonds is 9. The summed E-state index contributed by atoms with van der Waals surface area (Å²) in [6.07, 6.45) is 0.447. The van der Waals surface area contributed by atoms with Gasteiger partial charge >= 0.3 is 0 Å². The van der Waals surface area contributed by atoms with E-state index in [1.165, 1.54) is 17.0 Å². The first-order valence-corrected chi connectivity index (χ1v) is 10.7. The number of halogens is 2. The van der Waals surface area contributed by atoms with Gasteiger partial charge in [0.15, 0.2) is 6.61 Å². The first-order valence-electron chi connectivity index (χ1n) is 9.94. The third kappa shape index (κ3) is 6.83. The number of benzene rings is 2. The van der Waals surface area contributed by atoms with Crippen molar-refractivity contribution in [3.05, 3.63) is 63.9 Å². The molecule has 0 aliphatic heterocycles. The molecule has 0 spiro atoms. The number of nitrogens with zero attached hydrogens (tertiary/aromatic N) is 1. The van der Waals surface area contributed by atoms with E-state index in [0.29, 0.717) is 12.2 Å². The average Bonchev–Trinajstić information content (AvgIpc) is 2.69. The predicted octanol–water partition coefficient (Wildman–Crippen LogP) is 4.61. The minimum absolute atomic E-state index is 0.0451. The van der Waals surface area contributed by atoms with E-state index in [1.54, 1.807) is 18.2 Å². The molecule has 2 aromatic carbocycles. The molecule has 0 fully saturated rings. The highest BCUT2D eigenvalue weighted by Gasteiger charge is 2.29. The van der Waals surface area contributed by atoms with E-state index in [0.717, 1.165) is 15.6 Å². The fraction of sp³-hybridized carbons (Fsp3) is 0.391. The smallest absolute Gasteiger partial charge is 0.261 e. The van der Waals surface area contributed by atoms with Crippen LogP contribution in [0.4, 0.5) is 4.39 Å². The van der Waals surface area contributed by atoms with Crippen molar-refractivity contribution in [1.82, 2.24) is 10.2 Å². The third-order valence-electron chi connectivity index (χ3n) is 4.57. The number of carbonyl (C=O) groups excluding carboxylic acids is 2. The van der Waals surface area contributed by atoms with Crippen molar-refractivity contribution in [2.45, 2.75) is 52.7 Å². The predicted molar refractivity (Wildman–Crippen MR) is 119 cm³/mol. The zero-order chi connectivity index (χ0) is 22.3. The normalized spacial score (nSPS) is 11.8. The lowest BCUT2D eigenvalue weighted by atomic mass is 10.1. The van der Waals surface area contributed by atoms with Gasteiger partial charge in [0.1, 0.15) is 17.6 Å². The van der Waals surface area contributed by atoms with E-state index >= 15 is 0 Å². The number of hydrogen-bond donors (Lipinski definition) is 1. The summed E-state index contributed by atoms with van der Waals surface area (Å²) < 4.78 is 19.9. The molecule has 7 heteroatoms. The molecule has 30 heavy (non-hydrogen) atoms. The summed E-state index contributed by atoms with van der Waals surface area (Å²) in [7, 11) is 0. The van der Waals surface area contributed by atoms with Gasteiger partial charge < -0.3 is 15.0 Å². The zero-order valence-corrected chi connectivity index (χ0v) is 19.3. The van der Waals surface area contributed by atoms with Gasteiger partial charge in [-0.15, -0.1) is 0 Å². The Kier molecular flexibility index (Phi) is 8.84. The Labute approximate surface area is 185 Å². The summed E-state index contributed by atoms with van der Waals surface area (Å²) in [4.78, 5) is 27.3. The quantitative estimate of drug-likeness (QED) is 0.572. The van der Waals surface area contributed by atoms with Gasteiger partial charge in [-0.3, -0.25) is 9.59 Å². The Morgan fingerprint density at radius 1 is 1.17 bits per heavy atom. The van der Waals surface area contributed by atoms with E-state index in [1.807, 2.05) is 39.8 Å². The number of ether oxygens (including phenoxy) is 1. The van der Waals surface area contributed by atoms with Gasteiger partial charge in [0.2, 0.25) is 5.91 Å². The van der Waals surface area contributed by atoms with Crippen molar-refractivity contribution in [3.8, 4) is 5.75 Å². The van der Waals surface area contributed by atoms with E-state index < -0.39 is 6.04 Å². The van der Waals surface area contributed by atoms with Gasteiger partial charge in [-0.05, 0) is 68.7 Å². The van der Waals surface area contributed by atoms with Gasteiger partial charge in [0.05, 0.1) is 0 Å². The van der Waals surface area contributed by atoms with E-state index in [4.69, 9.17) is 4.74 Å². The maximum atomic E-state index is 13.3. The first kappa shape index (κ1) is 23.9. The maximum Gasteiger partial charge on any atom is 0.261 e. The number of amides is 2. The highest BCUT2D eigenvalue weighted by molar-refractivity contribution is 9.10. The highest BCUT2D eigenvalue weighted by Crippen LogP contribution is 2.22. The topological polar surface area (TPSA) is 58.6 Å². The summed E-state index contributed by atoms with van der Waals surface area (Å²) in [6, 6.07) is 10.7. The van der Waals surface area contributed by atoms with Crippen LogP contribution in [0.3, 0.4) is 0 Å². The summed E-state index contributed by atoms with van der Waals surface area (Å²) in [5.41, 5.74) is 1.73. The van der Waals surface area contributed by atoms with Gasteiger partial charge in [-0.1, -0.05) is 35.0 Å². The standard InChI is InChI=1S/C23H28BrFN2O3/c1-5-21(23(29)26-15(2)3)27(13-17-6-8-18(25)9-7-17)22(28)14-30-19-10-11-20(24)16(4)12-19/h6-12,15,21H,5,13-14H2,1-4H3,(H,26,29). The van der Waals surface area contributed by atoms with Crippen LogP contribution in [-0.2, 0) is 16.1 Å². The van der Waals surface area contributed by atoms with Crippen molar-refractivity contribution in [3.63, 3.8) is 0 Å². The van der Waals surface area contributed by atoms with E-state index in [2.05, 4.69) is 21.2 Å². The molecule has 1 atom stereocenters. The molecular formula is C23H28BrFN2O3. The Hall–Kier alpha value is -2.41. The lowest BCUT2D eigenvalue weighted by Gasteiger charge is -2.31. The fourth-order valence-electron chi connectivity index (χ4n) is 3.02. The molecule has 0 bridgehead atoms. The van der Waals surface area contributed by atoms with Gasteiger partial charge in [0, 0.05) is 17.1 Å². The van der Waals surface area contributed by atoms with E-state index in [-0.39, 0.29) is 36.8 Å². The Morgan fingerprint density at radius 2 is 1.83 bits per heavy atom. The summed E-state index contributed by atoms with van der Waals surface area (Å²) in [5.74, 6) is -0.311. The Balaban J connectivity index is 2.21. The lowest BCUT2D eigenvalue weighted by molar-refractivity contribution is -0.143. The molecule has 2 amide bonds. The Morgan fingerprint density at radius 3 is 2.40 bits per heavy atom. The zero-order valence-electron chi connectivity index (χ0n) is 17.7. The molecule has 0 radical (unpaired) electrons. The van der Waals surface area contributed by atoms with Crippen molar-refractivity contribution in [1.29, 1.82) is 0 Å². The minimum atomic E-state index is -0.653. The van der Waals surface area contributed by atoms with E-state index in [9.17, 15) is 14.0 Å². The molecule has 1 unspecified atom stereocenters. The van der Waals surface area contributed by atoms with Crippen LogP contribution < -0.4 is 10.1 Å². The van der Waals surface area contributed by atoms with Gasteiger partial charge in [-0.2, -0.15) is 0 Å². The third-order valence-corrected chi connectivity index (χ3v) is 5.46. The van der Waals surface area contributed by atoms with Crippen LogP contribution in [0.5, 0.6) is 5.75 Å². The lowest BCUT2D eigenvalue weighted by Crippen LogP contribution is -2.51. The number of carbonyl (C=O) groups is 2. The number of aryl methyl sites for hydroxylation is 1. The van der Waals surface area contributed by atoms with Gasteiger partial charge in [0.25, 0.3) is 5.91 Å². The average molecular weight is 479 g/mol. The van der Waals surface area contributed by atoms with Crippen molar-refractivity contribution in [2.24, 2.45) is 0 Å². The second-order valence-corrected chi connectivity index (χ2v) is 8.29. The molecule has 0 saturated carbocycles. The van der Waals surface area contributed by atoms with Crippen LogP contribution in [0, 0.1) is 12.7 Å². The van der Waals surface area contributed by atoms with Crippen molar-refractivity contribution < 1.29 is 18.7 Å². The second-order valence-electron chi connectivity index (χ2n) is 7.44. The SMILES string of the molecule is CCC(C(=O)NC(C)C)N(Cc1ccc(F)cc1)C(=O)COc1ccc(Br)c(C)c1. The van der Waals surface area contributed by atoms with Crippen molar-refractivity contribution >= 4 is 27.7 Å². The molecule has 0 aromatic heterocycles. The van der Waals surface area contributed by atoms with Crippen LogP contribution in [-0.4, -0.2) is 35.4 Å². The van der Waals surface area contributed by atoms with Crippen LogP contribution >= 0.6 is 15.9 Å². The molecule has 2 rings (SSSR count). The van der Waals surface area contributed by atoms with Crippen LogP contribution in [0.2, 0.25) is 0 Å². The molecule has 0 aliphatic carbocycles. The molecule has 0 aliphatic rings. The highest BCUT2D eigenvalue weighted by atomic mass is 79.9. The van der Waals surface area contributed by atoms with Crippen LogP contribution in [0.25, 0.3) is 0 Å². The molecule has 0 saturated heterocycles. The molecule has 2 aromatic rings. The van der Waals surface area contributed by atoms with Crippen LogP contribution in [0.15, 0.2) is 46.9 Å². The second kappa shape index (κ2) is 11.1. The van der Waals surface area contributed by atoms with Crippen molar-refractivity contribution in [2.75, 3.05) is 6.61 Å². The molecule has 162 valence electrons. The maximum absolute atomic E-state index is 13.3. The number of nitrogens with one attached hydrogen (secondary N) is 1. The van der Waals surface area contributed by atoms with Gasteiger partial charge in [-0.25, -0.2) is 4.39 Å². The number of hydrogen-bond acceptors (Lipinski definition) is 3. The molecular weight excluding hydrogens is 451 g/mol. The summed E-state index contributed by atoms with van der Waals surface area (Å²) in [5, 5.41) is 2.87. The van der Waals surface area contributed by atoms with Crippen LogP contribution in [0.1, 0.15) is 38.3 Å². The fourth-order valence-corrected chi connectivity index (χ4v) is 3.27. The monoisotopic (exact) mass is 478 g/mol. The molecule has 0 heterocycles. The molecule has 1 N–H and O–H groups in total. The Bertz CT molecular complexity index is 871. The first-order chi connectivity index (χ1) is 14.2. The largest absolute Gasteiger partial charge is 0.484 e. The molecule has 5 nitrogen and oxygen atoms in total.